The van der Waals surface area contributed by atoms with E-state index in [1.165, 1.54) is 0 Å². The molecule has 0 fully saturated rings. The van der Waals surface area contributed by atoms with Crippen LogP contribution in [-0.4, -0.2) is 27.2 Å². The number of aromatic amines is 1. The van der Waals surface area contributed by atoms with Gasteiger partial charge in [0.25, 0.3) is 0 Å². The van der Waals surface area contributed by atoms with Crippen LogP contribution in [0.25, 0.3) is 0 Å². The van der Waals surface area contributed by atoms with Crippen molar-refractivity contribution in [3.05, 3.63) is 18.2 Å². The zero-order chi connectivity index (χ0) is 10.4. The van der Waals surface area contributed by atoms with Crippen LogP contribution < -0.4 is 5.32 Å². The van der Waals surface area contributed by atoms with Crippen molar-refractivity contribution in [2.45, 2.75) is 38.8 Å². The summed E-state index contributed by atoms with van der Waals surface area (Å²) < 4.78 is 0. The van der Waals surface area contributed by atoms with Crippen LogP contribution in [0.1, 0.15) is 32.4 Å². The molecule has 1 atom stereocenters. The molecule has 0 saturated heterocycles. The zero-order valence-corrected chi connectivity index (χ0v) is 8.88. The molecule has 14 heavy (non-hydrogen) atoms. The minimum atomic E-state index is -0.181. The average molecular weight is 197 g/mol. The molecule has 4 heteroatoms. The number of hydrogen-bond donors (Lipinski definition) is 3. The molecule has 80 valence electrons. The van der Waals surface area contributed by atoms with E-state index in [1.807, 2.05) is 6.92 Å². The van der Waals surface area contributed by atoms with Gasteiger partial charge in [0.15, 0.2) is 0 Å². The van der Waals surface area contributed by atoms with E-state index < -0.39 is 0 Å². The molecule has 3 N–H and O–H groups in total. The van der Waals surface area contributed by atoms with E-state index in [0.717, 1.165) is 25.1 Å². The smallest absolute Gasteiger partial charge is 0.0922 e. The van der Waals surface area contributed by atoms with E-state index >= 15 is 0 Å². The lowest BCUT2D eigenvalue weighted by atomic mass is 9.97. The summed E-state index contributed by atoms with van der Waals surface area (Å²) in [7, 11) is 0. The van der Waals surface area contributed by atoms with Gasteiger partial charge < -0.3 is 15.4 Å². The minimum Gasteiger partial charge on any atom is -0.394 e. The molecule has 0 aromatic carbocycles. The Balaban J connectivity index is 2.41. The topological polar surface area (TPSA) is 60.9 Å². The maximum atomic E-state index is 9.26. The van der Waals surface area contributed by atoms with Gasteiger partial charge in [-0.1, -0.05) is 13.3 Å². The Morgan fingerprint density at radius 3 is 2.93 bits per heavy atom. The van der Waals surface area contributed by atoms with Crippen molar-refractivity contribution < 1.29 is 5.11 Å². The van der Waals surface area contributed by atoms with E-state index in [2.05, 4.69) is 22.2 Å². The predicted molar refractivity (Wildman–Crippen MR) is 55.8 cm³/mol. The first kappa shape index (κ1) is 11.2. The highest BCUT2D eigenvalue weighted by molar-refractivity contribution is 4.95. The average Bonchev–Trinajstić information content (AvgIpc) is 2.68. The summed E-state index contributed by atoms with van der Waals surface area (Å²) in [6, 6.07) is 0. The SMILES string of the molecule is CCCC(C)(CO)NCc1cnc[nH]1. The molecule has 1 unspecified atom stereocenters. The first-order valence-corrected chi connectivity index (χ1v) is 5.03. The highest BCUT2D eigenvalue weighted by atomic mass is 16.3. The standard InChI is InChI=1S/C10H19N3O/c1-3-4-10(2,7-14)13-6-9-5-11-8-12-9/h5,8,13-14H,3-4,6-7H2,1-2H3,(H,11,12). The fraction of sp³-hybridized carbons (Fsp3) is 0.700. The Kier molecular flexibility index (Phi) is 4.10. The van der Waals surface area contributed by atoms with Gasteiger partial charge >= 0.3 is 0 Å². The molecule has 0 aliphatic rings. The van der Waals surface area contributed by atoms with Crippen molar-refractivity contribution in [2.75, 3.05) is 6.61 Å². The van der Waals surface area contributed by atoms with Crippen LogP contribution in [0.4, 0.5) is 0 Å². The summed E-state index contributed by atoms with van der Waals surface area (Å²) >= 11 is 0. The van der Waals surface area contributed by atoms with Crippen molar-refractivity contribution in [1.29, 1.82) is 0 Å². The molecule has 0 amide bonds. The maximum Gasteiger partial charge on any atom is 0.0922 e. The Labute approximate surface area is 84.8 Å². The third kappa shape index (κ3) is 3.12. The second-order valence-corrected chi connectivity index (χ2v) is 3.90. The highest BCUT2D eigenvalue weighted by Gasteiger charge is 2.21. The van der Waals surface area contributed by atoms with Gasteiger partial charge in [0, 0.05) is 24.0 Å². The molecule has 0 aliphatic heterocycles. The van der Waals surface area contributed by atoms with Crippen molar-refractivity contribution >= 4 is 0 Å². The van der Waals surface area contributed by atoms with Crippen LogP contribution in [0.3, 0.4) is 0 Å². The molecule has 1 heterocycles. The lowest BCUT2D eigenvalue weighted by Crippen LogP contribution is -2.45. The van der Waals surface area contributed by atoms with E-state index in [1.54, 1.807) is 12.5 Å². The fourth-order valence-electron chi connectivity index (χ4n) is 1.47. The first-order chi connectivity index (χ1) is 6.70. The van der Waals surface area contributed by atoms with Crippen LogP contribution >= 0.6 is 0 Å². The summed E-state index contributed by atoms with van der Waals surface area (Å²) in [4.78, 5) is 6.96. The Morgan fingerprint density at radius 2 is 2.43 bits per heavy atom. The van der Waals surface area contributed by atoms with Gasteiger partial charge in [-0.25, -0.2) is 4.98 Å². The second-order valence-electron chi connectivity index (χ2n) is 3.90. The lowest BCUT2D eigenvalue weighted by molar-refractivity contribution is 0.163. The van der Waals surface area contributed by atoms with Gasteiger partial charge in [-0.05, 0) is 13.3 Å². The van der Waals surface area contributed by atoms with E-state index in [4.69, 9.17) is 0 Å². The molecule has 0 bridgehead atoms. The third-order valence-electron chi connectivity index (χ3n) is 2.41. The molecular formula is C10H19N3O. The number of aliphatic hydroxyl groups excluding tert-OH is 1. The van der Waals surface area contributed by atoms with Gasteiger partial charge in [-0.15, -0.1) is 0 Å². The zero-order valence-electron chi connectivity index (χ0n) is 8.88. The largest absolute Gasteiger partial charge is 0.394 e. The first-order valence-electron chi connectivity index (χ1n) is 5.03. The molecule has 0 aliphatic carbocycles. The molecule has 1 aromatic rings. The summed E-state index contributed by atoms with van der Waals surface area (Å²) in [6.07, 6.45) is 5.48. The van der Waals surface area contributed by atoms with Gasteiger partial charge in [0.1, 0.15) is 0 Å². The van der Waals surface area contributed by atoms with Crippen LogP contribution in [-0.2, 0) is 6.54 Å². The second kappa shape index (κ2) is 5.12. The quantitative estimate of drug-likeness (QED) is 0.639. The van der Waals surface area contributed by atoms with E-state index in [9.17, 15) is 5.11 Å². The van der Waals surface area contributed by atoms with Crippen molar-refractivity contribution in [1.82, 2.24) is 15.3 Å². The molecular weight excluding hydrogens is 178 g/mol. The summed E-state index contributed by atoms with van der Waals surface area (Å²) in [5.41, 5.74) is 0.862. The van der Waals surface area contributed by atoms with E-state index in [0.29, 0.717) is 0 Å². The number of aromatic nitrogens is 2. The Hall–Kier alpha value is -0.870. The van der Waals surface area contributed by atoms with Crippen LogP contribution in [0.5, 0.6) is 0 Å². The molecule has 0 radical (unpaired) electrons. The number of imidazole rings is 1. The minimum absolute atomic E-state index is 0.162. The molecule has 4 nitrogen and oxygen atoms in total. The van der Waals surface area contributed by atoms with E-state index in [-0.39, 0.29) is 12.1 Å². The number of rotatable bonds is 6. The van der Waals surface area contributed by atoms with Crippen LogP contribution in [0.15, 0.2) is 12.5 Å². The summed E-state index contributed by atoms with van der Waals surface area (Å²) in [6.45, 7) is 5.03. The molecule has 1 rings (SSSR count). The van der Waals surface area contributed by atoms with Gasteiger partial charge in [0.2, 0.25) is 0 Å². The molecule has 0 spiro atoms. The van der Waals surface area contributed by atoms with Crippen LogP contribution in [0, 0.1) is 0 Å². The Morgan fingerprint density at radius 1 is 1.64 bits per heavy atom. The summed E-state index contributed by atoms with van der Waals surface area (Å²) in [5, 5.41) is 12.6. The van der Waals surface area contributed by atoms with Crippen molar-refractivity contribution in [2.24, 2.45) is 0 Å². The number of hydrogen-bond acceptors (Lipinski definition) is 3. The van der Waals surface area contributed by atoms with Crippen molar-refractivity contribution in [3.63, 3.8) is 0 Å². The molecule has 0 saturated carbocycles. The number of aliphatic hydroxyl groups is 1. The predicted octanol–water partition coefficient (Wildman–Crippen LogP) is 1.05. The highest BCUT2D eigenvalue weighted by Crippen LogP contribution is 2.11. The fourth-order valence-corrected chi connectivity index (χ4v) is 1.47. The lowest BCUT2D eigenvalue weighted by Gasteiger charge is -2.28. The summed E-state index contributed by atoms with van der Waals surface area (Å²) in [5.74, 6) is 0. The van der Waals surface area contributed by atoms with Crippen LogP contribution in [0.2, 0.25) is 0 Å². The number of nitrogens with zero attached hydrogens (tertiary/aromatic N) is 1. The normalized spacial score (nSPS) is 15.4. The molecule has 1 aromatic heterocycles. The van der Waals surface area contributed by atoms with Gasteiger partial charge in [-0.2, -0.15) is 0 Å². The monoisotopic (exact) mass is 197 g/mol. The number of H-pyrrole nitrogens is 1. The maximum absolute atomic E-state index is 9.26. The van der Waals surface area contributed by atoms with Gasteiger partial charge in [-0.3, -0.25) is 0 Å². The Bertz CT molecular complexity index is 248. The van der Waals surface area contributed by atoms with Gasteiger partial charge in [0.05, 0.1) is 12.9 Å². The number of nitrogens with one attached hydrogen (secondary N) is 2. The van der Waals surface area contributed by atoms with Crippen molar-refractivity contribution in [3.8, 4) is 0 Å². The third-order valence-corrected chi connectivity index (χ3v) is 2.41.